The number of ether oxygens (including phenoxy) is 1. The lowest BCUT2D eigenvalue weighted by Gasteiger charge is -2.34. The average Bonchev–Trinajstić information content (AvgIpc) is 3.59. The largest absolute Gasteiger partial charge is 0.508 e. The number of phenolic OH excluding ortho intramolecular Hbond substituents is 1. The van der Waals surface area contributed by atoms with Crippen LogP contribution in [-0.4, -0.2) is 82.4 Å². The van der Waals surface area contributed by atoms with Gasteiger partial charge in [0.25, 0.3) is 0 Å². The highest BCUT2D eigenvalue weighted by Gasteiger charge is 2.44. The predicted octanol–water partition coefficient (Wildman–Crippen LogP) is 3.92. The second-order valence-corrected chi connectivity index (χ2v) is 12.0. The fraction of sp³-hybridized carbons (Fsp3) is 0.467. The van der Waals surface area contributed by atoms with Crippen molar-refractivity contribution in [3.05, 3.63) is 42.1 Å². The fourth-order valence-electron chi connectivity index (χ4n) is 6.48. The summed E-state index contributed by atoms with van der Waals surface area (Å²) in [5, 5.41) is 17.0. The molecule has 2 aromatic heterocycles. The second kappa shape index (κ2) is 9.27. The summed E-state index contributed by atoms with van der Waals surface area (Å²) in [7, 11) is 4.21. The number of benzene rings is 2. The van der Waals surface area contributed by atoms with E-state index in [0.717, 1.165) is 65.6 Å². The van der Waals surface area contributed by atoms with E-state index < -0.39 is 0 Å². The highest BCUT2D eigenvalue weighted by atomic mass is 16.5. The van der Waals surface area contributed by atoms with E-state index >= 15 is 0 Å². The number of nitrogens with zero attached hydrogens (tertiary/aromatic N) is 6. The van der Waals surface area contributed by atoms with Crippen molar-refractivity contribution < 1.29 is 9.84 Å². The molecule has 2 atom stereocenters. The highest BCUT2D eigenvalue weighted by molar-refractivity contribution is 5.99. The lowest BCUT2D eigenvalue weighted by atomic mass is 9.99. The molecule has 3 fully saturated rings. The first-order valence-corrected chi connectivity index (χ1v) is 13.9. The van der Waals surface area contributed by atoms with Gasteiger partial charge < -0.3 is 25.0 Å². The van der Waals surface area contributed by atoms with Crippen molar-refractivity contribution in [2.24, 2.45) is 5.41 Å². The van der Waals surface area contributed by atoms with E-state index in [1.54, 1.807) is 12.1 Å². The van der Waals surface area contributed by atoms with Crippen LogP contribution in [0.15, 0.2) is 36.5 Å². The van der Waals surface area contributed by atoms with Crippen LogP contribution < -0.4 is 15.0 Å². The summed E-state index contributed by atoms with van der Waals surface area (Å²) in [5.74, 6) is 1.56. The van der Waals surface area contributed by atoms with Crippen molar-refractivity contribution in [2.45, 2.75) is 44.7 Å². The molecule has 3 aliphatic rings. The van der Waals surface area contributed by atoms with Crippen LogP contribution in [-0.2, 0) is 0 Å². The van der Waals surface area contributed by atoms with E-state index in [2.05, 4.69) is 42.2 Å². The Morgan fingerprint density at radius 1 is 1.10 bits per heavy atom. The monoisotopic (exact) mass is 525 g/mol. The Labute approximate surface area is 228 Å². The third kappa shape index (κ3) is 4.63. The summed E-state index contributed by atoms with van der Waals surface area (Å²) >= 11 is 0. The molecule has 0 amide bonds. The highest BCUT2D eigenvalue weighted by Crippen LogP contribution is 2.46. The number of hydrogen-bond acceptors (Lipinski definition) is 9. The average molecular weight is 526 g/mol. The van der Waals surface area contributed by atoms with Crippen LogP contribution >= 0.6 is 0 Å². The van der Waals surface area contributed by atoms with Gasteiger partial charge in [-0.25, -0.2) is 9.97 Å². The van der Waals surface area contributed by atoms with Crippen molar-refractivity contribution in [3.63, 3.8) is 0 Å². The molecule has 2 saturated heterocycles. The Hall–Kier alpha value is -3.56. The predicted molar refractivity (Wildman–Crippen MR) is 152 cm³/mol. The van der Waals surface area contributed by atoms with Crippen molar-refractivity contribution >= 4 is 27.6 Å². The second-order valence-electron chi connectivity index (χ2n) is 12.0. The molecule has 2 aliphatic heterocycles. The summed E-state index contributed by atoms with van der Waals surface area (Å²) in [5.41, 5.74) is 2.63. The first-order valence-electron chi connectivity index (χ1n) is 13.9. The minimum absolute atomic E-state index is 0.172. The number of hydrogen-bond donors (Lipinski definition) is 2. The number of piperazine rings is 1. The van der Waals surface area contributed by atoms with E-state index in [9.17, 15) is 5.11 Å². The molecule has 39 heavy (non-hydrogen) atoms. The lowest BCUT2D eigenvalue weighted by Crippen LogP contribution is -2.51. The third-order valence-electron chi connectivity index (χ3n) is 8.46. The Morgan fingerprint density at radius 2 is 1.90 bits per heavy atom. The maximum absolute atomic E-state index is 10.5. The van der Waals surface area contributed by atoms with E-state index in [1.807, 2.05) is 18.3 Å². The minimum Gasteiger partial charge on any atom is -0.508 e. The molecule has 2 unspecified atom stereocenters. The standard InChI is InChI=1S/C30H35N7O2/c1-18-5-4-6-19-11-22(38)12-23(25(18)19)26-31-13-24-27(33-26)34-29(39-17-30(9-10-30)16-36(2)3)35-28(24)37-14-20-7-8-21(15-37)32-20/h4-6,11-13,20-21,32,38H,7-10,14-17H2,1-3H3. The van der Waals surface area contributed by atoms with Gasteiger partial charge in [0.05, 0.1) is 12.0 Å². The molecule has 2 N–H and O–H groups in total. The van der Waals surface area contributed by atoms with Crippen molar-refractivity contribution in [1.82, 2.24) is 30.2 Å². The Kier molecular flexibility index (Phi) is 5.82. The van der Waals surface area contributed by atoms with Crippen LogP contribution in [0.5, 0.6) is 11.8 Å². The number of aromatic hydroxyl groups is 1. The normalized spacial score (nSPS) is 21.7. The van der Waals surface area contributed by atoms with Crippen molar-refractivity contribution in [1.29, 1.82) is 0 Å². The quantitative estimate of drug-likeness (QED) is 0.372. The van der Waals surface area contributed by atoms with Gasteiger partial charge in [0.1, 0.15) is 11.6 Å². The molecule has 7 rings (SSSR count). The number of fused-ring (bicyclic) bond motifs is 4. The van der Waals surface area contributed by atoms with Crippen molar-refractivity contribution in [2.75, 3.05) is 45.2 Å². The topological polar surface area (TPSA) is 99.5 Å². The Morgan fingerprint density at radius 3 is 2.64 bits per heavy atom. The van der Waals surface area contributed by atoms with Gasteiger partial charge in [-0.1, -0.05) is 18.2 Å². The van der Waals surface area contributed by atoms with Crippen molar-refractivity contribution in [3.8, 4) is 23.1 Å². The van der Waals surface area contributed by atoms with Crippen LogP contribution in [0.1, 0.15) is 31.2 Å². The number of aryl methyl sites for hydroxylation is 1. The molecule has 4 heterocycles. The SMILES string of the molecule is Cc1cccc2cc(O)cc(-c3ncc4c(N5CC6CCC(C5)N6)nc(OCC5(CN(C)C)CC5)nc4n3)c12. The van der Waals surface area contributed by atoms with Gasteiger partial charge in [0.2, 0.25) is 0 Å². The summed E-state index contributed by atoms with van der Waals surface area (Å²) in [6, 6.07) is 10.9. The van der Waals surface area contributed by atoms with Gasteiger partial charge in [-0.05, 0) is 75.2 Å². The summed E-state index contributed by atoms with van der Waals surface area (Å²) < 4.78 is 6.31. The maximum Gasteiger partial charge on any atom is 0.320 e. The molecule has 202 valence electrons. The molecule has 2 aromatic carbocycles. The zero-order valence-electron chi connectivity index (χ0n) is 22.8. The summed E-state index contributed by atoms with van der Waals surface area (Å²) in [4.78, 5) is 24.1. The number of anilines is 1. The zero-order valence-corrected chi connectivity index (χ0v) is 22.8. The molecule has 2 bridgehead atoms. The van der Waals surface area contributed by atoms with Crippen LogP contribution in [0.2, 0.25) is 0 Å². The molecule has 1 aliphatic carbocycles. The third-order valence-corrected chi connectivity index (χ3v) is 8.46. The van der Waals surface area contributed by atoms with Crippen LogP contribution in [0, 0.1) is 12.3 Å². The zero-order chi connectivity index (χ0) is 26.7. The van der Waals surface area contributed by atoms with Crippen LogP contribution in [0.4, 0.5) is 5.82 Å². The molecule has 0 spiro atoms. The molecule has 4 aromatic rings. The summed E-state index contributed by atoms with van der Waals surface area (Å²) in [6.07, 6.45) is 6.52. The number of aromatic nitrogens is 4. The van der Waals surface area contributed by atoms with E-state index in [0.29, 0.717) is 36.2 Å². The molecular formula is C30H35N7O2. The Bertz CT molecular complexity index is 1560. The number of nitrogens with one attached hydrogen (secondary N) is 1. The van der Waals surface area contributed by atoms with Gasteiger partial charge in [-0.3, -0.25) is 0 Å². The lowest BCUT2D eigenvalue weighted by molar-refractivity contribution is 0.183. The van der Waals surface area contributed by atoms with Gasteiger partial charge in [-0.2, -0.15) is 9.97 Å². The van der Waals surface area contributed by atoms with E-state index in [-0.39, 0.29) is 11.2 Å². The molecular weight excluding hydrogens is 490 g/mol. The number of phenols is 1. The van der Waals surface area contributed by atoms with Gasteiger partial charge in [0.15, 0.2) is 11.5 Å². The molecule has 9 nitrogen and oxygen atoms in total. The minimum atomic E-state index is 0.172. The van der Waals surface area contributed by atoms with E-state index in [1.165, 1.54) is 12.8 Å². The number of rotatable bonds is 7. The fourth-order valence-corrected chi connectivity index (χ4v) is 6.48. The van der Waals surface area contributed by atoms with Crippen LogP contribution in [0.25, 0.3) is 33.2 Å². The van der Waals surface area contributed by atoms with Gasteiger partial charge in [-0.15, -0.1) is 0 Å². The molecule has 9 heteroatoms. The smallest absolute Gasteiger partial charge is 0.320 e. The summed E-state index contributed by atoms with van der Waals surface area (Å²) in [6.45, 7) is 5.44. The van der Waals surface area contributed by atoms with Gasteiger partial charge >= 0.3 is 6.01 Å². The van der Waals surface area contributed by atoms with E-state index in [4.69, 9.17) is 24.7 Å². The first kappa shape index (κ1) is 24.5. The Balaban J connectivity index is 1.32. The molecule has 0 radical (unpaired) electrons. The van der Waals surface area contributed by atoms with Gasteiger partial charge in [0, 0.05) is 48.9 Å². The molecule has 1 saturated carbocycles. The van der Waals surface area contributed by atoms with Crippen LogP contribution in [0.3, 0.4) is 0 Å². The maximum atomic E-state index is 10.5. The first-order chi connectivity index (χ1) is 18.9.